The van der Waals surface area contributed by atoms with Gasteiger partial charge in [0.25, 0.3) is 5.56 Å². The van der Waals surface area contributed by atoms with Crippen LogP contribution in [0.2, 0.25) is 0 Å². The van der Waals surface area contributed by atoms with Gasteiger partial charge in [0, 0.05) is 11.8 Å². The van der Waals surface area contributed by atoms with Crippen LogP contribution in [0.5, 0.6) is 0 Å². The van der Waals surface area contributed by atoms with Crippen LogP contribution in [0.3, 0.4) is 0 Å². The predicted molar refractivity (Wildman–Crippen MR) is 60.9 cm³/mol. The highest BCUT2D eigenvalue weighted by Gasteiger charge is 2.07. The van der Waals surface area contributed by atoms with Crippen molar-refractivity contribution >= 4 is 0 Å². The minimum Gasteiger partial charge on any atom is -0.388 e. The minimum atomic E-state index is -0.762. The molecular weight excluding hydrogens is 204 g/mol. The molecule has 16 heavy (non-hydrogen) atoms. The Morgan fingerprint density at radius 1 is 1.31 bits per heavy atom. The van der Waals surface area contributed by atoms with Crippen LogP contribution in [0.15, 0.2) is 41.3 Å². The lowest BCUT2D eigenvalue weighted by atomic mass is 10.1. The molecule has 0 saturated carbocycles. The van der Waals surface area contributed by atoms with Gasteiger partial charge in [-0.25, -0.2) is 0 Å². The summed E-state index contributed by atoms with van der Waals surface area (Å²) in [5, 5.41) is 9.33. The average Bonchev–Trinajstić information content (AvgIpc) is 2.29. The number of nitrogens with zero attached hydrogens (tertiary/aromatic N) is 1. The molecule has 0 aliphatic carbocycles. The van der Waals surface area contributed by atoms with Crippen molar-refractivity contribution in [2.45, 2.75) is 13.0 Å². The zero-order chi connectivity index (χ0) is 11.5. The van der Waals surface area contributed by atoms with Crippen molar-refractivity contribution in [2.24, 2.45) is 0 Å². The second-order valence-electron chi connectivity index (χ2n) is 3.55. The highest BCUT2D eigenvalue weighted by molar-refractivity contribution is 5.53. The summed E-state index contributed by atoms with van der Waals surface area (Å²) in [5.74, 6) is 0. The number of nitrogens with one attached hydrogen (secondary N) is 1. The molecule has 0 bridgehead atoms. The Bertz CT molecular complexity index is 532. The Balaban J connectivity index is 2.47. The van der Waals surface area contributed by atoms with Gasteiger partial charge in [-0.15, -0.1) is 0 Å². The lowest BCUT2D eigenvalue weighted by Gasteiger charge is -2.05. The van der Waals surface area contributed by atoms with Gasteiger partial charge in [0.1, 0.15) is 0 Å². The summed E-state index contributed by atoms with van der Waals surface area (Å²) < 4.78 is 0. The topological polar surface area (TPSA) is 66.0 Å². The zero-order valence-electron chi connectivity index (χ0n) is 8.84. The Morgan fingerprint density at radius 2 is 2.12 bits per heavy atom. The van der Waals surface area contributed by atoms with Gasteiger partial charge in [-0.05, 0) is 31.2 Å². The maximum absolute atomic E-state index is 11.6. The molecule has 0 radical (unpaired) electrons. The fourth-order valence-corrected chi connectivity index (χ4v) is 1.49. The summed E-state index contributed by atoms with van der Waals surface area (Å²) in [7, 11) is 0. The second-order valence-corrected chi connectivity index (χ2v) is 3.55. The molecule has 0 amide bonds. The van der Waals surface area contributed by atoms with Gasteiger partial charge in [-0.3, -0.25) is 9.78 Å². The fraction of sp³-hybridized carbons (Fsp3) is 0.167. The summed E-state index contributed by atoms with van der Waals surface area (Å²) in [5.41, 5.74) is 1.43. The van der Waals surface area contributed by atoms with Crippen molar-refractivity contribution in [3.05, 3.63) is 52.4 Å². The summed E-state index contributed by atoms with van der Waals surface area (Å²) in [6.07, 6.45) is 0.900. The summed E-state index contributed by atoms with van der Waals surface area (Å²) >= 11 is 0. The SMILES string of the molecule is C[C@@H](O)c1ccc(-c2ccccn2)[nH]c1=O. The maximum atomic E-state index is 11.6. The monoisotopic (exact) mass is 216 g/mol. The van der Waals surface area contributed by atoms with E-state index in [9.17, 15) is 9.90 Å². The van der Waals surface area contributed by atoms with E-state index in [0.29, 0.717) is 17.0 Å². The third kappa shape index (κ3) is 2.01. The zero-order valence-corrected chi connectivity index (χ0v) is 8.84. The third-order valence-corrected chi connectivity index (χ3v) is 2.33. The molecule has 2 N–H and O–H groups in total. The quantitative estimate of drug-likeness (QED) is 0.799. The van der Waals surface area contributed by atoms with Crippen molar-refractivity contribution in [1.29, 1.82) is 0 Å². The molecule has 1 atom stereocenters. The minimum absolute atomic E-state index is 0.279. The van der Waals surface area contributed by atoms with Gasteiger partial charge >= 0.3 is 0 Å². The van der Waals surface area contributed by atoms with Gasteiger partial charge < -0.3 is 10.1 Å². The van der Waals surface area contributed by atoms with Crippen molar-refractivity contribution < 1.29 is 5.11 Å². The number of H-pyrrole nitrogens is 1. The normalized spacial score (nSPS) is 12.4. The molecule has 4 heteroatoms. The smallest absolute Gasteiger partial charge is 0.254 e. The van der Waals surface area contributed by atoms with Crippen LogP contribution < -0.4 is 5.56 Å². The van der Waals surface area contributed by atoms with Crippen molar-refractivity contribution in [3.8, 4) is 11.4 Å². The van der Waals surface area contributed by atoms with E-state index in [1.54, 1.807) is 25.3 Å². The van der Waals surface area contributed by atoms with E-state index in [2.05, 4.69) is 9.97 Å². The van der Waals surface area contributed by atoms with E-state index in [1.807, 2.05) is 18.2 Å². The predicted octanol–water partition coefficient (Wildman–Crippen LogP) is 1.49. The van der Waals surface area contributed by atoms with E-state index in [1.165, 1.54) is 0 Å². The lowest BCUT2D eigenvalue weighted by molar-refractivity contribution is 0.197. The molecule has 2 aromatic heterocycles. The molecule has 0 unspecified atom stereocenters. The van der Waals surface area contributed by atoms with E-state index >= 15 is 0 Å². The highest BCUT2D eigenvalue weighted by Crippen LogP contribution is 2.13. The largest absolute Gasteiger partial charge is 0.388 e. The number of hydrogen-bond donors (Lipinski definition) is 2. The molecule has 82 valence electrons. The Labute approximate surface area is 92.6 Å². The molecule has 0 aliphatic rings. The first-order chi connectivity index (χ1) is 7.68. The molecule has 0 aromatic carbocycles. The van der Waals surface area contributed by atoms with E-state index in [-0.39, 0.29) is 5.56 Å². The number of aromatic nitrogens is 2. The molecule has 2 aromatic rings. The maximum Gasteiger partial charge on any atom is 0.254 e. The number of pyridine rings is 2. The first-order valence-corrected chi connectivity index (χ1v) is 5.01. The third-order valence-electron chi connectivity index (χ3n) is 2.33. The standard InChI is InChI=1S/C12H12N2O2/c1-8(15)9-5-6-11(14-12(9)16)10-4-2-3-7-13-10/h2-8,15H,1H3,(H,14,16)/t8-/m1/s1. The number of hydrogen-bond acceptors (Lipinski definition) is 3. The van der Waals surface area contributed by atoms with Crippen molar-refractivity contribution in [3.63, 3.8) is 0 Å². The second kappa shape index (κ2) is 4.28. The van der Waals surface area contributed by atoms with Crippen LogP contribution in [0.1, 0.15) is 18.6 Å². The summed E-state index contributed by atoms with van der Waals surface area (Å²) in [6, 6.07) is 8.83. The van der Waals surface area contributed by atoms with Crippen LogP contribution in [0, 0.1) is 0 Å². The number of aliphatic hydroxyl groups excluding tert-OH is 1. The average molecular weight is 216 g/mol. The number of aliphatic hydroxyl groups is 1. The molecule has 2 rings (SSSR count). The van der Waals surface area contributed by atoms with Crippen molar-refractivity contribution in [2.75, 3.05) is 0 Å². The number of rotatable bonds is 2. The van der Waals surface area contributed by atoms with Gasteiger partial charge in [0.2, 0.25) is 0 Å². The van der Waals surface area contributed by atoms with Gasteiger partial charge in [0.15, 0.2) is 0 Å². The summed E-state index contributed by atoms with van der Waals surface area (Å²) in [4.78, 5) is 18.4. The van der Waals surface area contributed by atoms with E-state index in [0.717, 1.165) is 0 Å². The molecule has 0 saturated heterocycles. The molecule has 0 fully saturated rings. The van der Waals surface area contributed by atoms with Crippen LogP contribution in [0.25, 0.3) is 11.4 Å². The van der Waals surface area contributed by atoms with Gasteiger partial charge in [-0.2, -0.15) is 0 Å². The highest BCUT2D eigenvalue weighted by atomic mass is 16.3. The first kappa shape index (κ1) is 10.6. The Morgan fingerprint density at radius 3 is 2.69 bits per heavy atom. The first-order valence-electron chi connectivity index (χ1n) is 5.01. The molecule has 0 spiro atoms. The van der Waals surface area contributed by atoms with Crippen LogP contribution in [-0.4, -0.2) is 15.1 Å². The van der Waals surface area contributed by atoms with E-state index < -0.39 is 6.10 Å². The molecule has 2 heterocycles. The van der Waals surface area contributed by atoms with Crippen LogP contribution in [-0.2, 0) is 0 Å². The fourth-order valence-electron chi connectivity index (χ4n) is 1.49. The van der Waals surface area contributed by atoms with Gasteiger partial charge in [0.05, 0.1) is 17.5 Å². The number of aromatic amines is 1. The van der Waals surface area contributed by atoms with Crippen LogP contribution >= 0.6 is 0 Å². The van der Waals surface area contributed by atoms with Crippen LogP contribution in [0.4, 0.5) is 0 Å². The van der Waals surface area contributed by atoms with E-state index in [4.69, 9.17) is 0 Å². The summed E-state index contributed by atoms with van der Waals surface area (Å²) in [6.45, 7) is 1.56. The molecule has 0 aliphatic heterocycles. The lowest BCUT2D eigenvalue weighted by Crippen LogP contribution is -2.15. The Hall–Kier alpha value is -1.94. The Kier molecular flexibility index (Phi) is 2.83. The van der Waals surface area contributed by atoms with Gasteiger partial charge in [-0.1, -0.05) is 6.07 Å². The van der Waals surface area contributed by atoms with Crippen molar-refractivity contribution in [1.82, 2.24) is 9.97 Å². The molecule has 4 nitrogen and oxygen atoms in total. The molecular formula is C12H12N2O2.